The summed E-state index contributed by atoms with van der Waals surface area (Å²) in [5, 5.41) is 2.91. The highest BCUT2D eigenvalue weighted by Gasteiger charge is 2.42. The van der Waals surface area contributed by atoms with Crippen molar-refractivity contribution in [2.24, 2.45) is 0 Å². The van der Waals surface area contributed by atoms with Gasteiger partial charge in [-0.2, -0.15) is 13.2 Å². The first-order valence-electron chi connectivity index (χ1n) is 10.4. The molecule has 0 unspecified atom stereocenters. The van der Waals surface area contributed by atoms with Crippen LogP contribution in [0.3, 0.4) is 0 Å². The van der Waals surface area contributed by atoms with Gasteiger partial charge in [0.25, 0.3) is 0 Å². The van der Waals surface area contributed by atoms with E-state index < -0.39 is 18.1 Å². The maximum Gasteiger partial charge on any atom is 0.491 e. The molecule has 6 nitrogen and oxygen atoms in total. The van der Waals surface area contributed by atoms with Crippen molar-refractivity contribution in [3.8, 4) is 17.2 Å². The maximum atomic E-state index is 12.1. The second-order valence-corrected chi connectivity index (χ2v) is 7.18. The van der Waals surface area contributed by atoms with Crippen LogP contribution in [0.15, 0.2) is 78.9 Å². The van der Waals surface area contributed by atoms with E-state index >= 15 is 0 Å². The lowest BCUT2D eigenvalue weighted by molar-refractivity contribution is -0.201. The third kappa shape index (κ3) is 8.25. The first-order chi connectivity index (χ1) is 16.3. The molecule has 0 bridgehead atoms. The summed E-state index contributed by atoms with van der Waals surface area (Å²) in [6.07, 6.45) is -5.57. The quantitative estimate of drug-likeness (QED) is 0.249. The molecule has 34 heavy (non-hydrogen) atoms. The molecular formula is C25H22F3NO5. The van der Waals surface area contributed by atoms with E-state index in [0.29, 0.717) is 24.7 Å². The number of nitrogens with one attached hydrogen (secondary N) is 1. The van der Waals surface area contributed by atoms with Gasteiger partial charge < -0.3 is 19.5 Å². The standard InChI is InChI=1S/C25H22F3NO5/c26-25(27,28)24(31)34-23(30)12-13-29-16-18-6-4-10-21(14-18)32-17-19-7-5-11-22(15-19)33-20-8-2-1-3-9-20/h1-11,14-15,29H,12-13,16-17H2. The highest BCUT2D eigenvalue weighted by Crippen LogP contribution is 2.23. The second-order valence-electron chi connectivity index (χ2n) is 7.18. The van der Waals surface area contributed by atoms with E-state index in [4.69, 9.17) is 9.47 Å². The Kier molecular flexibility index (Phi) is 8.64. The zero-order chi connectivity index (χ0) is 24.4. The molecule has 0 spiro atoms. The lowest BCUT2D eigenvalue weighted by Crippen LogP contribution is -2.29. The van der Waals surface area contributed by atoms with Crippen LogP contribution < -0.4 is 14.8 Å². The zero-order valence-corrected chi connectivity index (χ0v) is 18.0. The van der Waals surface area contributed by atoms with Crippen LogP contribution in [0, 0.1) is 0 Å². The van der Waals surface area contributed by atoms with Gasteiger partial charge in [-0.15, -0.1) is 0 Å². The van der Waals surface area contributed by atoms with Gasteiger partial charge in [0.05, 0.1) is 6.42 Å². The van der Waals surface area contributed by atoms with E-state index in [1.807, 2.05) is 66.7 Å². The molecule has 0 radical (unpaired) electrons. The van der Waals surface area contributed by atoms with Crippen molar-refractivity contribution >= 4 is 11.9 Å². The molecule has 3 aromatic carbocycles. The molecule has 0 saturated heterocycles. The van der Waals surface area contributed by atoms with Gasteiger partial charge in [0, 0.05) is 13.1 Å². The number of carbonyl (C=O) groups is 2. The summed E-state index contributed by atoms with van der Waals surface area (Å²) in [6, 6.07) is 24.2. The van der Waals surface area contributed by atoms with Gasteiger partial charge in [0.15, 0.2) is 0 Å². The number of para-hydroxylation sites is 1. The minimum atomic E-state index is -5.19. The van der Waals surface area contributed by atoms with Crippen molar-refractivity contribution in [1.29, 1.82) is 0 Å². The molecule has 0 heterocycles. The summed E-state index contributed by atoms with van der Waals surface area (Å²) in [6.45, 7) is 0.712. The molecule has 9 heteroatoms. The van der Waals surface area contributed by atoms with E-state index in [0.717, 1.165) is 16.9 Å². The maximum absolute atomic E-state index is 12.1. The van der Waals surface area contributed by atoms with Crippen LogP contribution in [0.5, 0.6) is 17.2 Å². The number of benzene rings is 3. The summed E-state index contributed by atoms with van der Waals surface area (Å²) >= 11 is 0. The summed E-state index contributed by atoms with van der Waals surface area (Å²) in [5.41, 5.74) is 1.77. The normalized spacial score (nSPS) is 11.0. The zero-order valence-electron chi connectivity index (χ0n) is 18.0. The Labute approximate surface area is 194 Å². The monoisotopic (exact) mass is 473 g/mol. The van der Waals surface area contributed by atoms with Gasteiger partial charge in [-0.25, -0.2) is 4.79 Å². The van der Waals surface area contributed by atoms with Crippen LogP contribution in [-0.2, 0) is 27.5 Å². The summed E-state index contributed by atoms with van der Waals surface area (Å²) in [4.78, 5) is 21.9. The summed E-state index contributed by atoms with van der Waals surface area (Å²) in [5.74, 6) is -1.70. The van der Waals surface area contributed by atoms with Crippen LogP contribution in [-0.4, -0.2) is 24.7 Å². The average molecular weight is 473 g/mol. The van der Waals surface area contributed by atoms with E-state index in [1.165, 1.54) is 0 Å². The molecule has 0 aliphatic heterocycles. The van der Waals surface area contributed by atoms with Crippen molar-refractivity contribution < 1.29 is 37.0 Å². The van der Waals surface area contributed by atoms with Crippen molar-refractivity contribution in [3.05, 3.63) is 90.0 Å². The highest BCUT2D eigenvalue weighted by atomic mass is 19.4. The van der Waals surface area contributed by atoms with Crippen molar-refractivity contribution in [3.63, 3.8) is 0 Å². The van der Waals surface area contributed by atoms with Crippen molar-refractivity contribution in [2.75, 3.05) is 6.54 Å². The largest absolute Gasteiger partial charge is 0.491 e. The SMILES string of the molecule is O=C(CCNCc1cccc(OCc2cccc(Oc3ccccc3)c2)c1)OC(=O)C(F)(F)F. The van der Waals surface area contributed by atoms with Crippen LogP contribution in [0.4, 0.5) is 13.2 Å². The smallest absolute Gasteiger partial charge is 0.489 e. The molecule has 0 fully saturated rings. The Morgan fingerprint density at radius 2 is 1.44 bits per heavy atom. The Balaban J connectivity index is 1.44. The van der Waals surface area contributed by atoms with Crippen LogP contribution in [0.1, 0.15) is 17.5 Å². The second kappa shape index (κ2) is 11.9. The lowest BCUT2D eigenvalue weighted by atomic mass is 10.2. The van der Waals surface area contributed by atoms with E-state index in [9.17, 15) is 22.8 Å². The summed E-state index contributed by atoms with van der Waals surface area (Å²) < 4.78 is 51.6. The Bertz CT molecular complexity index is 1100. The molecule has 0 aliphatic rings. The Hall–Kier alpha value is -3.85. The predicted octanol–water partition coefficient (Wildman–Crippen LogP) is 5.17. The van der Waals surface area contributed by atoms with Gasteiger partial charge in [0.2, 0.25) is 0 Å². The van der Waals surface area contributed by atoms with Crippen molar-refractivity contribution in [1.82, 2.24) is 5.32 Å². The number of alkyl halides is 3. The topological polar surface area (TPSA) is 73.9 Å². The lowest BCUT2D eigenvalue weighted by Gasteiger charge is -2.11. The molecule has 0 aliphatic carbocycles. The van der Waals surface area contributed by atoms with E-state index in [2.05, 4.69) is 10.1 Å². The van der Waals surface area contributed by atoms with Crippen LogP contribution in [0.2, 0.25) is 0 Å². The molecule has 0 atom stereocenters. The number of rotatable bonds is 10. The molecule has 178 valence electrons. The number of halogens is 3. The highest BCUT2D eigenvalue weighted by molar-refractivity contribution is 5.88. The Morgan fingerprint density at radius 1 is 0.794 bits per heavy atom. The van der Waals surface area contributed by atoms with Gasteiger partial charge >= 0.3 is 18.1 Å². The molecule has 0 aromatic heterocycles. The van der Waals surface area contributed by atoms with Crippen LogP contribution >= 0.6 is 0 Å². The average Bonchev–Trinajstić information content (AvgIpc) is 2.81. The fourth-order valence-electron chi connectivity index (χ4n) is 2.87. The third-order valence-corrected chi connectivity index (χ3v) is 4.45. The van der Waals surface area contributed by atoms with E-state index in [-0.39, 0.29) is 13.0 Å². The van der Waals surface area contributed by atoms with Crippen molar-refractivity contribution in [2.45, 2.75) is 25.7 Å². The first-order valence-corrected chi connectivity index (χ1v) is 10.4. The number of carbonyl (C=O) groups excluding carboxylic acids is 2. The summed E-state index contributed by atoms with van der Waals surface area (Å²) in [7, 11) is 0. The minimum Gasteiger partial charge on any atom is -0.489 e. The fraction of sp³-hybridized carbons (Fsp3) is 0.200. The van der Waals surface area contributed by atoms with Gasteiger partial charge in [-0.05, 0) is 47.5 Å². The molecule has 3 rings (SSSR count). The molecule has 3 aromatic rings. The predicted molar refractivity (Wildman–Crippen MR) is 117 cm³/mol. The fourth-order valence-corrected chi connectivity index (χ4v) is 2.87. The number of hydrogen-bond acceptors (Lipinski definition) is 6. The molecular weight excluding hydrogens is 451 g/mol. The van der Waals surface area contributed by atoms with Gasteiger partial charge in [0.1, 0.15) is 23.9 Å². The number of esters is 2. The first kappa shape index (κ1) is 24.8. The van der Waals surface area contributed by atoms with Gasteiger partial charge in [-0.1, -0.05) is 42.5 Å². The van der Waals surface area contributed by atoms with E-state index in [1.54, 1.807) is 12.1 Å². The number of hydrogen-bond donors (Lipinski definition) is 1. The minimum absolute atomic E-state index is 0.0449. The molecule has 1 N–H and O–H groups in total. The molecule has 0 saturated carbocycles. The Morgan fingerprint density at radius 3 is 2.18 bits per heavy atom. The third-order valence-electron chi connectivity index (χ3n) is 4.45. The number of ether oxygens (including phenoxy) is 3. The van der Waals surface area contributed by atoms with Gasteiger partial charge in [-0.3, -0.25) is 4.79 Å². The molecule has 0 amide bonds. The van der Waals surface area contributed by atoms with Crippen LogP contribution in [0.25, 0.3) is 0 Å².